The smallest absolute Gasteiger partial charge is 0.125 e. The lowest BCUT2D eigenvalue weighted by molar-refractivity contribution is 0.493. The SMILES string of the molecule is CS(O)(O)c1cccc(F)c1. The number of halogens is 1. The molecule has 0 aliphatic carbocycles. The van der Waals surface area contributed by atoms with Crippen LogP contribution in [0.5, 0.6) is 0 Å². The molecule has 0 aliphatic rings. The molecule has 2 nitrogen and oxygen atoms in total. The Kier molecular flexibility index (Phi) is 2.17. The van der Waals surface area contributed by atoms with Crippen molar-refractivity contribution in [1.29, 1.82) is 0 Å². The minimum atomic E-state index is -2.77. The van der Waals surface area contributed by atoms with Crippen LogP contribution in [0.15, 0.2) is 29.2 Å². The summed E-state index contributed by atoms with van der Waals surface area (Å²) in [4.78, 5) is 0.234. The van der Waals surface area contributed by atoms with Crippen molar-refractivity contribution < 1.29 is 13.5 Å². The molecule has 0 aromatic heterocycles. The van der Waals surface area contributed by atoms with Crippen molar-refractivity contribution in [2.75, 3.05) is 6.26 Å². The Hall–Kier alpha value is -0.580. The van der Waals surface area contributed by atoms with E-state index in [0.29, 0.717) is 0 Å². The molecule has 0 saturated heterocycles. The Bertz CT molecular complexity index is 257. The van der Waals surface area contributed by atoms with Gasteiger partial charge in [0.05, 0.1) is 4.90 Å². The number of rotatable bonds is 1. The highest BCUT2D eigenvalue weighted by molar-refractivity contribution is 8.23. The van der Waals surface area contributed by atoms with Crippen LogP contribution in [0.1, 0.15) is 0 Å². The van der Waals surface area contributed by atoms with E-state index >= 15 is 0 Å². The maximum atomic E-state index is 12.5. The largest absolute Gasteiger partial charge is 0.295 e. The van der Waals surface area contributed by atoms with Gasteiger partial charge in [0, 0.05) is 6.26 Å². The molecule has 1 rings (SSSR count). The highest BCUT2D eigenvalue weighted by Crippen LogP contribution is 2.43. The van der Waals surface area contributed by atoms with Crippen LogP contribution in [0, 0.1) is 5.82 Å². The van der Waals surface area contributed by atoms with Gasteiger partial charge in [0.25, 0.3) is 0 Å². The van der Waals surface area contributed by atoms with Crippen molar-refractivity contribution in [1.82, 2.24) is 0 Å². The van der Waals surface area contributed by atoms with Crippen LogP contribution in [0.3, 0.4) is 0 Å². The lowest BCUT2D eigenvalue weighted by Crippen LogP contribution is -1.94. The molecule has 0 atom stereocenters. The van der Waals surface area contributed by atoms with Crippen molar-refractivity contribution in [3.05, 3.63) is 30.1 Å². The average molecular weight is 176 g/mol. The highest BCUT2D eigenvalue weighted by Gasteiger charge is 2.07. The summed E-state index contributed by atoms with van der Waals surface area (Å²) in [6.45, 7) is 0. The summed E-state index contributed by atoms with van der Waals surface area (Å²) < 4.78 is 30.7. The van der Waals surface area contributed by atoms with Crippen molar-refractivity contribution in [3.63, 3.8) is 0 Å². The summed E-state index contributed by atoms with van der Waals surface area (Å²) in [6.07, 6.45) is 1.27. The Labute approximate surface area is 66.0 Å². The van der Waals surface area contributed by atoms with Gasteiger partial charge in [-0.15, -0.1) is 0 Å². The van der Waals surface area contributed by atoms with Crippen LogP contribution in [-0.4, -0.2) is 15.4 Å². The Morgan fingerprint density at radius 1 is 1.36 bits per heavy atom. The zero-order valence-electron chi connectivity index (χ0n) is 5.99. The quantitative estimate of drug-likeness (QED) is 0.690. The Morgan fingerprint density at radius 2 is 2.00 bits per heavy atom. The molecular formula is C7H9FO2S. The van der Waals surface area contributed by atoms with Crippen LogP contribution in [-0.2, 0) is 0 Å². The zero-order chi connectivity index (χ0) is 8.48. The van der Waals surface area contributed by atoms with E-state index in [1.807, 2.05) is 0 Å². The molecule has 1 aromatic carbocycles. The van der Waals surface area contributed by atoms with E-state index in [-0.39, 0.29) is 4.90 Å². The first-order valence-corrected chi connectivity index (χ1v) is 4.94. The van der Waals surface area contributed by atoms with E-state index in [9.17, 15) is 4.39 Å². The van der Waals surface area contributed by atoms with Gasteiger partial charge in [-0.2, -0.15) is 10.6 Å². The van der Waals surface area contributed by atoms with Crippen LogP contribution in [0.2, 0.25) is 0 Å². The van der Waals surface area contributed by atoms with E-state index in [4.69, 9.17) is 9.11 Å². The summed E-state index contributed by atoms with van der Waals surface area (Å²) in [5.41, 5.74) is 0. The molecule has 0 spiro atoms. The van der Waals surface area contributed by atoms with Crippen LogP contribution < -0.4 is 0 Å². The molecule has 0 heterocycles. The third-order valence-corrected chi connectivity index (χ3v) is 2.39. The van der Waals surface area contributed by atoms with Gasteiger partial charge in [0.15, 0.2) is 0 Å². The minimum absolute atomic E-state index is 0.234. The van der Waals surface area contributed by atoms with E-state index in [1.54, 1.807) is 0 Å². The molecule has 2 N–H and O–H groups in total. The predicted octanol–water partition coefficient (Wildman–Crippen LogP) is 2.57. The van der Waals surface area contributed by atoms with E-state index in [2.05, 4.69) is 0 Å². The molecule has 0 radical (unpaired) electrons. The summed E-state index contributed by atoms with van der Waals surface area (Å²) in [5, 5.41) is 0. The number of hydrogen-bond donors (Lipinski definition) is 2. The Balaban J connectivity index is 3.06. The summed E-state index contributed by atoms with van der Waals surface area (Å²) in [6, 6.07) is 5.31. The highest BCUT2D eigenvalue weighted by atomic mass is 32.3. The molecule has 0 fully saturated rings. The first kappa shape index (κ1) is 8.52. The van der Waals surface area contributed by atoms with Gasteiger partial charge in [0.1, 0.15) is 5.82 Å². The second-order valence-electron chi connectivity index (χ2n) is 2.29. The molecule has 0 amide bonds. The fourth-order valence-electron chi connectivity index (χ4n) is 0.708. The fourth-order valence-corrected chi connectivity index (χ4v) is 1.38. The first-order chi connectivity index (χ1) is 5.00. The normalized spacial score (nSPS) is 13.1. The van der Waals surface area contributed by atoms with E-state index < -0.39 is 16.4 Å². The van der Waals surface area contributed by atoms with Gasteiger partial charge >= 0.3 is 0 Å². The van der Waals surface area contributed by atoms with Crippen molar-refractivity contribution in [2.45, 2.75) is 4.90 Å². The van der Waals surface area contributed by atoms with Gasteiger partial charge in [-0.05, 0) is 18.2 Å². The lowest BCUT2D eigenvalue weighted by Gasteiger charge is -2.26. The number of benzene rings is 1. The van der Waals surface area contributed by atoms with Gasteiger partial charge in [-0.3, -0.25) is 9.11 Å². The first-order valence-electron chi connectivity index (χ1n) is 2.99. The van der Waals surface area contributed by atoms with Crippen molar-refractivity contribution in [3.8, 4) is 0 Å². The zero-order valence-corrected chi connectivity index (χ0v) is 6.81. The molecule has 0 bridgehead atoms. The van der Waals surface area contributed by atoms with E-state index in [1.165, 1.54) is 24.5 Å². The Morgan fingerprint density at radius 3 is 2.36 bits per heavy atom. The molecule has 0 unspecified atom stereocenters. The molecule has 62 valence electrons. The molecular weight excluding hydrogens is 167 g/mol. The van der Waals surface area contributed by atoms with Crippen molar-refractivity contribution in [2.24, 2.45) is 0 Å². The van der Waals surface area contributed by atoms with Crippen molar-refractivity contribution >= 4 is 10.6 Å². The molecule has 4 heteroatoms. The van der Waals surface area contributed by atoms with Gasteiger partial charge < -0.3 is 0 Å². The topological polar surface area (TPSA) is 40.5 Å². The molecule has 1 aromatic rings. The third-order valence-electron chi connectivity index (χ3n) is 1.24. The van der Waals surface area contributed by atoms with Crippen LogP contribution in [0.4, 0.5) is 4.39 Å². The summed E-state index contributed by atoms with van der Waals surface area (Å²) in [7, 11) is -2.77. The van der Waals surface area contributed by atoms with Gasteiger partial charge in [0.2, 0.25) is 0 Å². The standard InChI is InChI=1S/C7H9FO2S/c1-11(9,10)7-4-2-3-6(8)5-7/h2-5,9-10H,1H3. The minimum Gasteiger partial charge on any atom is -0.295 e. The van der Waals surface area contributed by atoms with Crippen LogP contribution in [0.25, 0.3) is 0 Å². The number of hydrogen-bond acceptors (Lipinski definition) is 2. The fraction of sp³-hybridized carbons (Fsp3) is 0.143. The maximum Gasteiger partial charge on any atom is 0.125 e. The molecule has 11 heavy (non-hydrogen) atoms. The predicted molar refractivity (Wildman–Crippen MR) is 43.4 cm³/mol. The van der Waals surface area contributed by atoms with Gasteiger partial charge in [-0.1, -0.05) is 6.07 Å². The lowest BCUT2D eigenvalue weighted by atomic mass is 10.4. The maximum absolute atomic E-state index is 12.5. The summed E-state index contributed by atoms with van der Waals surface area (Å²) in [5.74, 6) is -0.454. The third kappa shape index (κ3) is 2.18. The van der Waals surface area contributed by atoms with E-state index in [0.717, 1.165) is 6.07 Å². The van der Waals surface area contributed by atoms with Crippen LogP contribution >= 0.6 is 10.6 Å². The summed E-state index contributed by atoms with van der Waals surface area (Å²) >= 11 is 0. The average Bonchev–Trinajstić information content (AvgIpc) is 1.86. The molecule has 0 aliphatic heterocycles. The molecule has 0 saturated carbocycles. The second-order valence-corrected chi connectivity index (χ2v) is 4.43. The van der Waals surface area contributed by atoms with Gasteiger partial charge in [-0.25, -0.2) is 4.39 Å². The second kappa shape index (κ2) is 2.81. The monoisotopic (exact) mass is 176 g/mol.